The highest BCUT2D eigenvalue weighted by molar-refractivity contribution is 6.22. The van der Waals surface area contributed by atoms with Gasteiger partial charge in [0, 0.05) is 31.9 Å². The van der Waals surface area contributed by atoms with Crippen molar-refractivity contribution in [3.63, 3.8) is 0 Å². The molecule has 2 aromatic carbocycles. The fourth-order valence-electron chi connectivity index (χ4n) is 3.86. The number of para-hydroxylation sites is 1. The molecule has 0 aromatic heterocycles. The van der Waals surface area contributed by atoms with E-state index in [1.165, 1.54) is 6.92 Å². The topological polar surface area (TPSA) is 87.2 Å². The minimum atomic E-state index is -1.12. The Morgan fingerprint density at radius 3 is 2.00 bits per heavy atom. The van der Waals surface area contributed by atoms with Crippen molar-refractivity contribution in [2.45, 2.75) is 13.0 Å². The molecule has 31 heavy (non-hydrogen) atoms. The molecule has 2 heterocycles. The van der Waals surface area contributed by atoms with Gasteiger partial charge in [0.1, 0.15) is 6.04 Å². The molecule has 0 spiro atoms. The molecule has 1 atom stereocenters. The second-order valence-electron chi connectivity index (χ2n) is 7.51. The van der Waals surface area contributed by atoms with Crippen LogP contribution in [0.3, 0.4) is 0 Å². The van der Waals surface area contributed by atoms with Crippen LogP contribution in [0, 0.1) is 0 Å². The van der Waals surface area contributed by atoms with Crippen LogP contribution in [0.15, 0.2) is 54.6 Å². The van der Waals surface area contributed by atoms with Gasteiger partial charge >= 0.3 is 5.97 Å². The molecule has 1 saturated heterocycles. The first-order chi connectivity index (χ1) is 15.0. The Morgan fingerprint density at radius 1 is 0.871 bits per heavy atom. The second kappa shape index (κ2) is 8.59. The number of piperazine rings is 1. The predicted molar refractivity (Wildman–Crippen MR) is 113 cm³/mol. The molecule has 8 nitrogen and oxygen atoms in total. The Kier molecular flexibility index (Phi) is 5.70. The molecule has 2 aliphatic heterocycles. The lowest BCUT2D eigenvalue weighted by molar-refractivity contribution is -0.154. The summed E-state index contributed by atoms with van der Waals surface area (Å²) >= 11 is 0. The number of ether oxygens (including phenoxy) is 1. The highest BCUT2D eigenvalue weighted by atomic mass is 16.5. The summed E-state index contributed by atoms with van der Waals surface area (Å²) < 4.78 is 5.15. The number of hydrogen-bond donors (Lipinski definition) is 0. The van der Waals surface area contributed by atoms with E-state index >= 15 is 0 Å². The Labute approximate surface area is 180 Å². The van der Waals surface area contributed by atoms with Gasteiger partial charge in [0.25, 0.3) is 17.7 Å². The highest BCUT2D eigenvalue weighted by Crippen LogP contribution is 2.24. The normalized spacial score (nSPS) is 16.9. The van der Waals surface area contributed by atoms with Crippen LogP contribution >= 0.6 is 0 Å². The SMILES string of the molecule is C[C@H](C(=O)OCC(=O)N1CCN(c2ccccc2)CC1)N1C(=O)c2ccccc2C1=O. The lowest BCUT2D eigenvalue weighted by Crippen LogP contribution is -2.50. The Hall–Kier alpha value is -3.68. The number of rotatable bonds is 5. The molecule has 0 saturated carbocycles. The van der Waals surface area contributed by atoms with Gasteiger partial charge in [-0.3, -0.25) is 19.3 Å². The molecule has 0 bridgehead atoms. The van der Waals surface area contributed by atoms with Crippen molar-refractivity contribution in [2.24, 2.45) is 0 Å². The average molecular weight is 421 g/mol. The van der Waals surface area contributed by atoms with E-state index in [2.05, 4.69) is 4.90 Å². The molecular formula is C23H23N3O5. The van der Waals surface area contributed by atoms with Crippen molar-refractivity contribution in [2.75, 3.05) is 37.7 Å². The predicted octanol–water partition coefficient (Wildman–Crippen LogP) is 1.56. The van der Waals surface area contributed by atoms with Gasteiger partial charge in [-0.2, -0.15) is 0 Å². The number of anilines is 1. The summed E-state index contributed by atoms with van der Waals surface area (Å²) in [6, 6.07) is 15.3. The van der Waals surface area contributed by atoms with Crippen LogP contribution in [0.25, 0.3) is 0 Å². The number of fused-ring (bicyclic) bond motifs is 1. The van der Waals surface area contributed by atoms with E-state index in [1.807, 2.05) is 30.3 Å². The number of hydrogen-bond acceptors (Lipinski definition) is 6. The third-order valence-corrected chi connectivity index (χ3v) is 5.65. The van der Waals surface area contributed by atoms with Crippen molar-refractivity contribution >= 4 is 29.4 Å². The van der Waals surface area contributed by atoms with E-state index < -0.39 is 30.4 Å². The zero-order valence-corrected chi connectivity index (χ0v) is 17.2. The van der Waals surface area contributed by atoms with Crippen LogP contribution in [-0.4, -0.2) is 72.3 Å². The Morgan fingerprint density at radius 2 is 1.42 bits per heavy atom. The number of carbonyl (C=O) groups excluding carboxylic acids is 4. The molecule has 0 radical (unpaired) electrons. The van der Waals surface area contributed by atoms with Gasteiger partial charge in [0.15, 0.2) is 6.61 Å². The molecule has 1 fully saturated rings. The van der Waals surface area contributed by atoms with Crippen molar-refractivity contribution in [3.05, 3.63) is 65.7 Å². The van der Waals surface area contributed by atoms with Crippen molar-refractivity contribution in [3.8, 4) is 0 Å². The third-order valence-electron chi connectivity index (χ3n) is 5.65. The van der Waals surface area contributed by atoms with E-state index in [0.717, 1.165) is 10.6 Å². The molecule has 0 aliphatic carbocycles. The van der Waals surface area contributed by atoms with Crippen LogP contribution in [0.5, 0.6) is 0 Å². The first kappa shape index (κ1) is 20.6. The second-order valence-corrected chi connectivity index (χ2v) is 7.51. The van der Waals surface area contributed by atoms with Gasteiger partial charge < -0.3 is 14.5 Å². The smallest absolute Gasteiger partial charge is 0.329 e. The number of imide groups is 1. The maximum absolute atomic E-state index is 12.5. The largest absolute Gasteiger partial charge is 0.454 e. The molecule has 2 aromatic rings. The standard InChI is InChI=1S/C23H23N3O5/c1-16(26-21(28)18-9-5-6-10-19(18)22(26)29)23(30)31-15-20(27)25-13-11-24(12-14-25)17-7-3-2-4-8-17/h2-10,16H,11-15H2,1H3/t16-/m1/s1. The lowest BCUT2D eigenvalue weighted by atomic mass is 10.1. The molecule has 4 rings (SSSR count). The minimum Gasteiger partial charge on any atom is -0.454 e. The van der Waals surface area contributed by atoms with Crippen LogP contribution in [0.1, 0.15) is 27.6 Å². The minimum absolute atomic E-state index is 0.263. The van der Waals surface area contributed by atoms with Gasteiger partial charge in [-0.05, 0) is 31.2 Å². The highest BCUT2D eigenvalue weighted by Gasteiger charge is 2.41. The molecule has 0 N–H and O–H groups in total. The fraction of sp³-hybridized carbons (Fsp3) is 0.304. The van der Waals surface area contributed by atoms with Gasteiger partial charge in [0.05, 0.1) is 11.1 Å². The summed E-state index contributed by atoms with van der Waals surface area (Å²) in [6.45, 7) is 3.44. The van der Waals surface area contributed by atoms with E-state index in [0.29, 0.717) is 26.2 Å². The van der Waals surface area contributed by atoms with Crippen molar-refractivity contribution < 1.29 is 23.9 Å². The van der Waals surface area contributed by atoms with E-state index in [4.69, 9.17) is 4.74 Å². The van der Waals surface area contributed by atoms with Crippen LogP contribution < -0.4 is 4.90 Å². The lowest BCUT2D eigenvalue weighted by Gasteiger charge is -2.36. The number of nitrogens with zero attached hydrogens (tertiary/aromatic N) is 3. The van der Waals surface area contributed by atoms with E-state index in [1.54, 1.807) is 29.2 Å². The van der Waals surface area contributed by atoms with Gasteiger partial charge in [-0.15, -0.1) is 0 Å². The molecule has 3 amide bonds. The molecule has 8 heteroatoms. The van der Waals surface area contributed by atoms with Crippen molar-refractivity contribution in [1.29, 1.82) is 0 Å². The number of benzene rings is 2. The first-order valence-electron chi connectivity index (χ1n) is 10.2. The van der Waals surface area contributed by atoms with Gasteiger partial charge in [-0.1, -0.05) is 30.3 Å². The maximum atomic E-state index is 12.5. The quantitative estimate of drug-likeness (QED) is 0.538. The average Bonchev–Trinajstić information content (AvgIpc) is 3.07. The first-order valence-corrected chi connectivity index (χ1v) is 10.2. The molecule has 160 valence electrons. The molecule has 0 unspecified atom stereocenters. The summed E-state index contributed by atoms with van der Waals surface area (Å²) in [4.78, 5) is 54.7. The molecular weight excluding hydrogens is 398 g/mol. The Balaban J connectivity index is 1.29. The fourth-order valence-corrected chi connectivity index (χ4v) is 3.86. The zero-order chi connectivity index (χ0) is 22.0. The van der Waals surface area contributed by atoms with Gasteiger partial charge in [0.2, 0.25) is 0 Å². The van der Waals surface area contributed by atoms with Crippen molar-refractivity contribution in [1.82, 2.24) is 9.80 Å². The number of esters is 1. The van der Waals surface area contributed by atoms with E-state index in [9.17, 15) is 19.2 Å². The summed E-state index contributed by atoms with van der Waals surface area (Å²) in [5, 5.41) is 0. The maximum Gasteiger partial charge on any atom is 0.329 e. The number of carbonyl (C=O) groups is 4. The summed E-state index contributed by atoms with van der Waals surface area (Å²) in [5.74, 6) is -2.15. The van der Waals surface area contributed by atoms with E-state index in [-0.39, 0.29) is 17.0 Å². The van der Waals surface area contributed by atoms with Crippen LogP contribution in [-0.2, 0) is 14.3 Å². The van der Waals surface area contributed by atoms with Crippen LogP contribution in [0.4, 0.5) is 5.69 Å². The Bertz CT molecular complexity index is 980. The monoisotopic (exact) mass is 421 g/mol. The van der Waals surface area contributed by atoms with Crippen LogP contribution in [0.2, 0.25) is 0 Å². The summed E-state index contributed by atoms with van der Waals surface area (Å²) in [6.07, 6.45) is 0. The van der Waals surface area contributed by atoms with Gasteiger partial charge in [-0.25, -0.2) is 4.79 Å². The molecule has 2 aliphatic rings. The summed E-state index contributed by atoms with van der Waals surface area (Å²) in [7, 11) is 0. The summed E-state index contributed by atoms with van der Waals surface area (Å²) in [5.41, 5.74) is 1.63. The zero-order valence-electron chi connectivity index (χ0n) is 17.2. The number of amides is 3. The third kappa shape index (κ3) is 4.01.